The fraction of sp³-hybridized carbons (Fsp3) is 0.294. The van der Waals surface area contributed by atoms with Crippen LogP contribution in [0.2, 0.25) is 0 Å². The Bertz CT molecular complexity index is 550. The maximum absolute atomic E-state index is 13.5. The van der Waals surface area contributed by atoms with Gasteiger partial charge in [0.05, 0.1) is 0 Å². The van der Waals surface area contributed by atoms with Gasteiger partial charge in [0, 0.05) is 10.0 Å². The summed E-state index contributed by atoms with van der Waals surface area (Å²) in [6.07, 6.45) is 2.48. The SMILES string of the molecule is CCCC(N)(Cc1cc(F)cc(Br)c1)c1ccccc1. The van der Waals surface area contributed by atoms with E-state index in [1.54, 1.807) is 6.07 Å². The molecule has 0 saturated heterocycles. The maximum Gasteiger partial charge on any atom is 0.124 e. The zero-order valence-corrected chi connectivity index (χ0v) is 13.2. The van der Waals surface area contributed by atoms with E-state index in [1.807, 2.05) is 36.4 Å². The molecule has 2 aromatic rings. The van der Waals surface area contributed by atoms with Crippen molar-refractivity contribution in [1.82, 2.24) is 0 Å². The Morgan fingerprint density at radius 2 is 1.85 bits per heavy atom. The third-order valence-electron chi connectivity index (χ3n) is 3.49. The molecular weight excluding hydrogens is 317 g/mol. The Kier molecular flexibility index (Phi) is 4.95. The van der Waals surface area contributed by atoms with Crippen LogP contribution in [0, 0.1) is 5.82 Å². The fourth-order valence-electron chi connectivity index (χ4n) is 2.63. The molecule has 0 aromatic heterocycles. The number of benzene rings is 2. The predicted molar refractivity (Wildman–Crippen MR) is 85.0 cm³/mol. The molecule has 0 radical (unpaired) electrons. The summed E-state index contributed by atoms with van der Waals surface area (Å²) in [4.78, 5) is 0. The topological polar surface area (TPSA) is 26.0 Å². The molecule has 0 saturated carbocycles. The average molecular weight is 336 g/mol. The summed E-state index contributed by atoms with van der Waals surface area (Å²) < 4.78 is 14.3. The van der Waals surface area contributed by atoms with Crippen LogP contribution in [0.25, 0.3) is 0 Å². The first-order valence-corrected chi connectivity index (χ1v) is 7.62. The average Bonchev–Trinajstić information content (AvgIpc) is 2.38. The van der Waals surface area contributed by atoms with Crippen LogP contribution >= 0.6 is 15.9 Å². The summed E-state index contributed by atoms with van der Waals surface area (Å²) in [6.45, 7) is 2.12. The largest absolute Gasteiger partial charge is 0.321 e. The summed E-state index contributed by atoms with van der Waals surface area (Å²) in [7, 11) is 0. The van der Waals surface area contributed by atoms with Gasteiger partial charge in [-0.15, -0.1) is 0 Å². The van der Waals surface area contributed by atoms with Gasteiger partial charge in [0.25, 0.3) is 0 Å². The summed E-state index contributed by atoms with van der Waals surface area (Å²) in [5, 5.41) is 0. The Balaban J connectivity index is 2.34. The van der Waals surface area contributed by atoms with Crippen LogP contribution in [0.15, 0.2) is 53.0 Å². The highest BCUT2D eigenvalue weighted by molar-refractivity contribution is 9.10. The summed E-state index contributed by atoms with van der Waals surface area (Å²) in [5.74, 6) is -0.235. The molecule has 0 amide bonds. The Morgan fingerprint density at radius 1 is 1.15 bits per heavy atom. The minimum Gasteiger partial charge on any atom is -0.321 e. The standard InChI is InChI=1S/C17H19BrFN/c1-2-8-17(20,14-6-4-3-5-7-14)12-13-9-15(18)11-16(19)10-13/h3-7,9-11H,2,8,12,20H2,1H3. The van der Waals surface area contributed by atoms with E-state index in [0.717, 1.165) is 28.4 Å². The monoisotopic (exact) mass is 335 g/mol. The lowest BCUT2D eigenvalue weighted by molar-refractivity contribution is 0.400. The van der Waals surface area contributed by atoms with E-state index in [4.69, 9.17) is 5.73 Å². The van der Waals surface area contributed by atoms with Gasteiger partial charge in [0.15, 0.2) is 0 Å². The van der Waals surface area contributed by atoms with Crippen molar-refractivity contribution in [2.45, 2.75) is 31.7 Å². The van der Waals surface area contributed by atoms with E-state index in [1.165, 1.54) is 6.07 Å². The van der Waals surface area contributed by atoms with Crippen LogP contribution in [0.5, 0.6) is 0 Å². The molecule has 2 N–H and O–H groups in total. The second-order valence-electron chi connectivity index (χ2n) is 5.23. The van der Waals surface area contributed by atoms with E-state index in [2.05, 4.69) is 22.9 Å². The van der Waals surface area contributed by atoms with Gasteiger partial charge >= 0.3 is 0 Å². The van der Waals surface area contributed by atoms with E-state index < -0.39 is 5.54 Å². The van der Waals surface area contributed by atoms with Crippen molar-refractivity contribution in [3.8, 4) is 0 Å². The molecule has 2 aromatic carbocycles. The van der Waals surface area contributed by atoms with Crippen LogP contribution in [-0.4, -0.2) is 0 Å². The quantitative estimate of drug-likeness (QED) is 0.835. The number of hydrogen-bond acceptors (Lipinski definition) is 1. The highest BCUT2D eigenvalue weighted by atomic mass is 79.9. The van der Waals surface area contributed by atoms with Crippen LogP contribution < -0.4 is 5.73 Å². The van der Waals surface area contributed by atoms with Gasteiger partial charge in [-0.1, -0.05) is 59.6 Å². The number of nitrogens with two attached hydrogens (primary N) is 1. The van der Waals surface area contributed by atoms with E-state index in [9.17, 15) is 4.39 Å². The molecule has 1 atom stereocenters. The van der Waals surface area contributed by atoms with Crippen molar-refractivity contribution in [2.75, 3.05) is 0 Å². The van der Waals surface area contributed by atoms with Crippen molar-refractivity contribution in [3.63, 3.8) is 0 Å². The van der Waals surface area contributed by atoms with E-state index in [0.29, 0.717) is 6.42 Å². The van der Waals surface area contributed by atoms with Crippen molar-refractivity contribution >= 4 is 15.9 Å². The first kappa shape index (κ1) is 15.2. The van der Waals surface area contributed by atoms with Crippen molar-refractivity contribution in [1.29, 1.82) is 0 Å². The minimum atomic E-state index is -0.455. The first-order chi connectivity index (χ1) is 9.53. The lowest BCUT2D eigenvalue weighted by Crippen LogP contribution is -2.39. The second kappa shape index (κ2) is 6.51. The van der Waals surface area contributed by atoms with Gasteiger partial charge in [-0.25, -0.2) is 4.39 Å². The van der Waals surface area contributed by atoms with Crippen LogP contribution in [0.4, 0.5) is 4.39 Å². The molecule has 0 bridgehead atoms. The van der Waals surface area contributed by atoms with Gasteiger partial charge in [0.2, 0.25) is 0 Å². The highest BCUT2D eigenvalue weighted by Crippen LogP contribution is 2.29. The van der Waals surface area contributed by atoms with Gasteiger partial charge in [-0.2, -0.15) is 0 Å². The van der Waals surface area contributed by atoms with Crippen LogP contribution in [0.3, 0.4) is 0 Å². The second-order valence-corrected chi connectivity index (χ2v) is 6.14. The van der Waals surface area contributed by atoms with E-state index in [-0.39, 0.29) is 5.82 Å². The number of rotatable bonds is 5. The summed E-state index contributed by atoms with van der Waals surface area (Å²) in [5.41, 5.74) is 8.18. The van der Waals surface area contributed by atoms with Gasteiger partial charge in [0.1, 0.15) is 5.82 Å². The number of halogens is 2. The normalized spacial score (nSPS) is 14.0. The van der Waals surface area contributed by atoms with Crippen LogP contribution in [0.1, 0.15) is 30.9 Å². The molecule has 1 unspecified atom stereocenters. The molecule has 0 spiro atoms. The third kappa shape index (κ3) is 3.68. The lowest BCUT2D eigenvalue weighted by Gasteiger charge is -2.30. The Labute approximate surface area is 128 Å². The fourth-order valence-corrected chi connectivity index (χ4v) is 3.14. The van der Waals surface area contributed by atoms with Crippen molar-refractivity contribution in [3.05, 3.63) is 69.9 Å². The highest BCUT2D eigenvalue weighted by Gasteiger charge is 2.26. The molecule has 0 heterocycles. The molecule has 2 rings (SSSR count). The smallest absolute Gasteiger partial charge is 0.124 e. The Morgan fingerprint density at radius 3 is 2.45 bits per heavy atom. The van der Waals surface area contributed by atoms with E-state index >= 15 is 0 Å². The summed E-state index contributed by atoms with van der Waals surface area (Å²) in [6, 6.07) is 15.0. The van der Waals surface area contributed by atoms with Gasteiger partial charge in [-0.3, -0.25) is 0 Å². The predicted octanol–water partition coefficient (Wildman–Crippen LogP) is 4.79. The molecule has 0 fully saturated rings. The molecule has 0 aliphatic rings. The lowest BCUT2D eigenvalue weighted by atomic mass is 9.81. The van der Waals surface area contributed by atoms with Crippen molar-refractivity contribution < 1.29 is 4.39 Å². The molecule has 20 heavy (non-hydrogen) atoms. The van der Waals surface area contributed by atoms with Crippen LogP contribution in [-0.2, 0) is 12.0 Å². The maximum atomic E-state index is 13.5. The zero-order valence-electron chi connectivity index (χ0n) is 11.6. The van der Waals surface area contributed by atoms with Gasteiger partial charge in [-0.05, 0) is 42.2 Å². The molecule has 0 aliphatic carbocycles. The minimum absolute atomic E-state index is 0.235. The zero-order chi connectivity index (χ0) is 14.6. The van der Waals surface area contributed by atoms with Crippen molar-refractivity contribution in [2.24, 2.45) is 5.73 Å². The summed E-state index contributed by atoms with van der Waals surface area (Å²) >= 11 is 3.33. The molecule has 3 heteroatoms. The molecule has 0 aliphatic heterocycles. The molecule has 1 nitrogen and oxygen atoms in total. The molecule has 106 valence electrons. The Hall–Kier alpha value is -1.19. The van der Waals surface area contributed by atoms with Gasteiger partial charge < -0.3 is 5.73 Å². The first-order valence-electron chi connectivity index (χ1n) is 6.83. The third-order valence-corrected chi connectivity index (χ3v) is 3.94. The number of hydrogen-bond donors (Lipinski definition) is 1. The molecular formula is C17H19BrFN.